The number of hydrogen-bond acceptors (Lipinski definition) is 7. The van der Waals surface area contributed by atoms with Crippen LogP contribution in [0.3, 0.4) is 0 Å². The summed E-state index contributed by atoms with van der Waals surface area (Å²) in [6, 6.07) is 4.65. The number of nitrogens with one attached hydrogen (secondary N) is 1. The number of likely N-dealkylation sites (N-methyl/N-ethyl adjacent to an activating group) is 2. The van der Waals surface area contributed by atoms with E-state index in [2.05, 4.69) is 23.5 Å². The Morgan fingerprint density at radius 3 is 2.62 bits per heavy atom. The minimum Gasteiger partial charge on any atom is -0.460 e. The van der Waals surface area contributed by atoms with Crippen LogP contribution >= 0.6 is 0 Å². The molecule has 1 N–H and O–H groups in total. The normalized spacial score (nSPS) is 19.3. The summed E-state index contributed by atoms with van der Waals surface area (Å²) in [7, 11) is 6.90. The number of benzene rings is 1. The van der Waals surface area contributed by atoms with Gasteiger partial charge < -0.3 is 24.9 Å². The van der Waals surface area contributed by atoms with Crippen LogP contribution in [0.5, 0.6) is 5.75 Å². The van der Waals surface area contributed by atoms with Crippen LogP contribution in [0.15, 0.2) is 78.0 Å². The number of hydrazine groups is 1. The molecular formula is C27H33FN6O3. The Morgan fingerprint density at radius 1 is 1.30 bits per heavy atom. The molecule has 1 aromatic carbocycles. The van der Waals surface area contributed by atoms with E-state index >= 15 is 0 Å². The topological polar surface area (TPSA) is 80.7 Å². The number of halogens is 1. The Kier molecular flexibility index (Phi) is 8.67. The summed E-state index contributed by atoms with van der Waals surface area (Å²) >= 11 is 0. The molecule has 2 aliphatic heterocycles. The number of nitrogens with zero attached hydrogens (tertiary/aromatic N) is 5. The van der Waals surface area contributed by atoms with E-state index in [1.807, 2.05) is 6.07 Å². The van der Waals surface area contributed by atoms with E-state index in [9.17, 15) is 14.0 Å². The Morgan fingerprint density at radius 2 is 2.03 bits per heavy atom. The summed E-state index contributed by atoms with van der Waals surface area (Å²) < 4.78 is 19.4. The van der Waals surface area contributed by atoms with Gasteiger partial charge >= 0.3 is 0 Å². The van der Waals surface area contributed by atoms with Crippen molar-refractivity contribution in [1.82, 2.24) is 25.1 Å². The Balaban J connectivity index is 2.07. The molecule has 2 amide bonds. The highest BCUT2D eigenvalue weighted by molar-refractivity contribution is 5.98. The lowest BCUT2D eigenvalue weighted by molar-refractivity contribution is -0.132. The van der Waals surface area contributed by atoms with Gasteiger partial charge in [-0.05, 0) is 23.8 Å². The highest BCUT2D eigenvalue weighted by atomic mass is 19.1. The lowest BCUT2D eigenvalue weighted by Gasteiger charge is -2.32. The number of alkyl halides is 1. The predicted octanol–water partition coefficient (Wildman–Crippen LogP) is 3.20. The smallest absolute Gasteiger partial charge is 0.259 e. The minimum absolute atomic E-state index is 0.0312. The zero-order chi connectivity index (χ0) is 27.3. The fraction of sp³-hybridized carbons (Fsp3) is 0.296. The van der Waals surface area contributed by atoms with E-state index in [1.165, 1.54) is 17.9 Å². The lowest BCUT2D eigenvalue weighted by Crippen LogP contribution is -2.41. The van der Waals surface area contributed by atoms with Gasteiger partial charge in [0.15, 0.2) is 0 Å². The van der Waals surface area contributed by atoms with Gasteiger partial charge in [-0.15, -0.1) is 0 Å². The second-order valence-electron chi connectivity index (χ2n) is 8.73. The molecule has 2 atom stereocenters. The van der Waals surface area contributed by atoms with Gasteiger partial charge in [0.1, 0.15) is 18.1 Å². The summed E-state index contributed by atoms with van der Waals surface area (Å²) in [6.45, 7) is 8.95. The van der Waals surface area contributed by atoms with Crippen molar-refractivity contribution in [3.05, 3.63) is 84.1 Å². The molecule has 2 unspecified atom stereocenters. The van der Waals surface area contributed by atoms with E-state index < -0.39 is 18.3 Å². The first-order valence-corrected chi connectivity index (χ1v) is 11.7. The summed E-state index contributed by atoms with van der Waals surface area (Å²) in [5.41, 5.74) is 2.12. The van der Waals surface area contributed by atoms with Crippen LogP contribution in [0.1, 0.15) is 24.1 Å². The van der Waals surface area contributed by atoms with Crippen LogP contribution in [0, 0.1) is 0 Å². The number of carbonyl (C=O) groups excluding carboxylic acids is 2. The predicted molar refractivity (Wildman–Crippen MR) is 142 cm³/mol. The van der Waals surface area contributed by atoms with Gasteiger partial charge in [-0.1, -0.05) is 31.4 Å². The summed E-state index contributed by atoms with van der Waals surface area (Å²) in [5.74, 6) is 0.169. The third kappa shape index (κ3) is 6.15. The maximum Gasteiger partial charge on any atom is 0.259 e. The molecule has 10 heteroatoms. The molecule has 0 saturated heterocycles. The van der Waals surface area contributed by atoms with Gasteiger partial charge in [-0.25, -0.2) is 14.4 Å². The minimum atomic E-state index is -1.56. The molecular weight excluding hydrogens is 475 g/mol. The molecule has 2 heterocycles. The van der Waals surface area contributed by atoms with Crippen LogP contribution in [0.25, 0.3) is 6.08 Å². The fourth-order valence-electron chi connectivity index (χ4n) is 3.95. The number of ether oxygens (including phenoxy) is 1. The monoisotopic (exact) mass is 508 g/mol. The van der Waals surface area contributed by atoms with Crippen LogP contribution in [-0.4, -0.2) is 78.9 Å². The van der Waals surface area contributed by atoms with Crippen molar-refractivity contribution in [2.75, 3.05) is 34.7 Å². The van der Waals surface area contributed by atoms with E-state index in [-0.39, 0.29) is 18.0 Å². The largest absolute Gasteiger partial charge is 0.460 e. The first kappa shape index (κ1) is 27.4. The third-order valence-electron chi connectivity index (χ3n) is 5.89. The second-order valence-corrected chi connectivity index (χ2v) is 8.73. The van der Waals surface area contributed by atoms with Gasteiger partial charge in [0.2, 0.25) is 12.3 Å². The maximum absolute atomic E-state index is 13.9. The summed E-state index contributed by atoms with van der Waals surface area (Å²) in [4.78, 5) is 33.5. The highest BCUT2D eigenvalue weighted by Gasteiger charge is 2.36. The standard InChI is InChI=1S/C27H33FN6O3/c1-8-19-11-12-23(37-18(3)28)21(15-19)25-22(16-34(33(25)7)17-24(35)31(4)5)30-27(36)20(9-2)26-29-13-10-14-32(26)6/h8-16,18,25H,1-2,17H2,3-7H3,(H,30,36)/b26-20+. The molecule has 37 heavy (non-hydrogen) atoms. The van der Waals surface area contributed by atoms with Gasteiger partial charge in [0, 0.05) is 59.3 Å². The van der Waals surface area contributed by atoms with Crippen LogP contribution < -0.4 is 10.1 Å². The molecule has 9 nitrogen and oxygen atoms in total. The number of hydrogen-bond donors (Lipinski definition) is 1. The average molecular weight is 509 g/mol. The Bertz CT molecular complexity index is 1200. The van der Waals surface area contributed by atoms with Crippen LogP contribution in [0.2, 0.25) is 0 Å². The van der Waals surface area contributed by atoms with Crippen LogP contribution in [0.4, 0.5) is 4.39 Å². The summed E-state index contributed by atoms with van der Waals surface area (Å²) in [6.07, 6.45) is 8.37. The van der Waals surface area contributed by atoms with E-state index in [1.54, 1.807) is 86.0 Å². The van der Waals surface area contributed by atoms with Crippen molar-refractivity contribution in [2.24, 2.45) is 4.99 Å². The number of rotatable bonds is 9. The molecule has 2 aliphatic rings. The second kappa shape index (κ2) is 11.7. The molecule has 0 aromatic heterocycles. The van der Waals surface area contributed by atoms with Crippen molar-refractivity contribution in [3.63, 3.8) is 0 Å². The number of carbonyl (C=O) groups is 2. The maximum atomic E-state index is 13.9. The van der Waals surface area contributed by atoms with E-state index in [0.29, 0.717) is 22.8 Å². The molecule has 0 saturated carbocycles. The van der Waals surface area contributed by atoms with Gasteiger partial charge in [0.05, 0.1) is 17.3 Å². The number of aliphatic imine (C=N–C) groups is 1. The van der Waals surface area contributed by atoms with Crippen molar-refractivity contribution < 1.29 is 18.7 Å². The quantitative estimate of drug-likeness (QED) is 0.516. The highest BCUT2D eigenvalue weighted by Crippen LogP contribution is 2.39. The van der Waals surface area contributed by atoms with Crippen LogP contribution in [-0.2, 0) is 9.59 Å². The molecule has 0 fully saturated rings. The molecule has 0 bridgehead atoms. The Labute approximate surface area is 217 Å². The Hall–Kier alpha value is -4.18. The first-order chi connectivity index (χ1) is 17.6. The van der Waals surface area contributed by atoms with E-state index in [4.69, 9.17) is 4.74 Å². The van der Waals surface area contributed by atoms with Gasteiger partial charge in [0.25, 0.3) is 5.91 Å². The lowest BCUT2D eigenvalue weighted by atomic mass is 10.00. The number of allylic oxidation sites excluding steroid dienone is 1. The molecule has 0 spiro atoms. The molecule has 0 radical (unpaired) electrons. The summed E-state index contributed by atoms with van der Waals surface area (Å²) in [5, 5.41) is 6.45. The van der Waals surface area contributed by atoms with Crippen molar-refractivity contribution in [2.45, 2.75) is 19.3 Å². The van der Waals surface area contributed by atoms with Crippen molar-refractivity contribution in [3.8, 4) is 5.75 Å². The average Bonchev–Trinajstić information content (AvgIpc) is 3.14. The zero-order valence-electron chi connectivity index (χ0n) is 21.8. The SMILES string of the molecule is C=C/C(C(=O)NC1=CN(CC(=O)N(C)C)N(C)C1c1cc(C=C)ccc1OC(C)F)=C1/N=CC=CN1C. The van der Waals surface area contributed by atoms with Gasteiger partial charge in [-0.2, -0.15) is 0 Å². The van der Waals surface area contributed by atoms with Crippen molar-refractivity contribution in [1.29, 1.82) is 0 Å². The number of amides is 2. The first-order valence-electron chi connectivity index (χ1n) is 11.7. The van der Waals surface area contributed by atoms with E-state index in [0.717, 1.165) is 5.56 Å². The zero-order valence-corrected chi connectivity index (χ0v) is 21.8. The third-order valence-corrected chi connectivity index (χ3v) is 5.89. The molecule has 1 aromatic rings. The van der Waals surface area contributed by atoms with Gasteiger partial charge in [-0.3, -0.25) is 9.59 Å². The molecule has 3 rings (SSSR count). The molecule has 0 aliphatic carbocycles. The fourth-order valence-corrected chi connectivity index (χ4v) is 3.95. The van der Waals surface area contributed by atoms with Crippen molar-refractivity contribution >= 4 is 24.1 Å². The molecule has 196 valence electrons.